The molecule has 0 radical (unpaired) electrons. The summed E-state index contributed by atoms with van der Waals surface area (Å²) in [6.07, 6.45) is 1.09. The van der Waals surface area contributed by atoms with Crippen molar-refractivity contribution in [1.82, 2.24) is 0 Å². The smallest absolute Gasteiger partial charge is 0.199 e. The van der Waals surface area contributed by atoms with E-state index < -0.39 is 0 Å². The average molecular weight is 114 g/mol. The fraction of sp³-hybridized carbons (Fsp3) is 0.200. The van der Waals surface area contributed by atoms with Gasteiger partial charge in [0.15, 0.2) is 11.5 Å². The Morgan fingerprint density at radius 3 is 2.25 bits per heavy atom. The Kier molecular flexibility index (Phi) is 0.901. The van der Waals surface area contributed by atoms with Crippen LogP contribution in [0, 0.1) is 6.92 Å². The maximum absolute atomic E-state index is 8.70. The zero-order chi connectivity index (χ0) is 6.15. The van der Waals surface area contributed by atoms with Crippen molar-refractivity contribution in [3.8, 4) is 11.5 Å². The molecule has 0 aromatic carbocycles. The Morgan fingerprint density at radius 1 is 1.50 bits per heavy atom. The Balaban J connectivity index is 3.19. The van der Waals surface area contributed by atoms with Crippen LogP contribution < -0.4 is 0 Å². The second kappa shape index (κ2) is 1.43. The Labute approximate surface area is 46.2 Å². The third-order valence-corrected chi connectivity index (χ3v) is 0.923. The molecular formula is C5H6O3. The van der Waals surface area contributed by atoms with E-state index in [0.29, 0.717) is 5.76 Å². The monoisotopic (exact) mass is 114 g/mol. The fourth-order valence-electron chi connectivity index (χ4n) is 0.436. The van der Waals surface area contributed by atoms with Crippen LogP contribution in [0.4, 0.5) is 0 Å². The molecule has 0 aliphatic carbocycles. The van der Waals surface area contributed by atoms with Crippen molar-refractivity contribution in [1.29, 1.82) is 0 Å². The number of furan rings is 1. The van der Waals surface area contributed by atoms with Gasteiger partial charge in [0.25, 0.3) is 0 Å². The van der Waals surface area contributed by atoms with Crippen molar-refractivity contribution in [2.75, 3.05) is 0 Å². The molecule has 0 bridgehead atoms. The summed E-state index contributed by atoms with van der Waals surface area (Å²) in [4.78, 5) is 0. The second-order valence-corrected chi connectivity index (χ2v) is 1.53. The lowest BCUT2D eigenvalue weighted by atomic mass is 10.4. The molecule has 1 rings (SSSR count). The Bertz CT molecular complexity index is 170. The maximum Gasteiger partial charge on any atom is 0.199 e. The van der Waals surface area contributed by atoms with Gasteiger partial charge in [0.1, 0.15) is 12.0 Å². The van der Waals surface area contributed by atoms with Gasteiger partial charge in [-0.1, -0.05) is 0 Å². The highest BCUT2D eigenvalue weighted by Gasteiger charge is 2.04. The molecule has 0 saturated carbocycles. The Hall–Kier alpha value is -1.12. The van der Waals surface area contributed by atoms with Gasteiger partial charge in [0.05, 0.1) is 0 Å². The third kappa shape index (κ3) is 0.521. The standard InChI is InChI=1S/C5H6O3/c1-3-5(7)4(6)2-8-3/h2,6-7H,1H3. The van der Waals surface area contributed by atoms with E-state index in [1.807, 2.05) is 0 Å². The summed E-state index contributed by atoms with van der Waals surface area (Å²) in [5.74, 6) is -0.0463. The van der Waals surface area contributed by atoms with Crippen LogP contribution in [-0.4, -0.2) is 10.2 Å². The van der Waals surface area contributed by atoms with Crippen molar-refractivity contribution < 1.29 is 14.6 Å². The van der Waals surface area contributed by atoms with Gasteiger partial charge in [0.2, 0.25) is 0 Å². The van der Waals surface area contributed by atoms with Gasteiger partial charge >= 0.3 is 0 Å². The van der Waals surface area contributed by atoms with Crippen LogP contribution in [0.15, 0.2) is 10.7 Å². The summed E-state index contributed by atoms with van der Waals surface area (Å²) in [5, 5.41) is 17.3. The van der Waals surface area contributed by atoms with Gasteiger partial charge in [-0.3, -0.25) is 0 Å². The highest BCUT2D eigenvalue weighted by molar-refractivity contribution is 5.37. The molecule has 0 aliphatic heterocycles. The largest absolute Gasteiger partial charge is 0.502 e. The van der Waals surface area contributed by atoms with E-state index in [1.54, 1.807) is 6.92 Å². The van der Waals surface area contributed by atoms with E-state index >= 15 is 0 Å². The molecule has 1 heterocycles. The molecule has 0 spiro atoms. The zero-order valence-corrected chi connectivity index (χ0v) is 4.38. The molecule has 0 aliphatic rings. The van der Waals surface area contributed by atoms with Gasteiger partial charge in [-0.15, -0.1) is 0 Å². The van der Waals surface area contributed by atoms with Crippen molar-refractivity contribution >= 4 is 0 Å². The molecule has 0 fully saturated rings. The van der Waals surface area contributed by atoms with Crippen LogP contribution in [0.1, 0.15) is 5.76 Å². The van der Waals surface area contributed by atoms with Crippen LogP contribution in [0.5, 0.6) is 11.5 Å². The molecule has 3 heteroatoms. The van der Waals surface area contributed by atoms with Crippen molar-refractivity contribution in [3.63, 3.8) is 0 Å². The van der Waals surface area contributed by atoms with E-state index in [4.69, 9.17) is 10.2 Å². The van der Waals surface area contributed by atoms with E-state index in [-0.39, 0.29) is 11.5 Å². The first-order valence-corrected chi connectivity index (χ1v) is 2.18. The minimum Gasteiger partial charge on any atom is -0.502 e. The molecular weight excluding hydrogens is 108 g/mol. The Morgan fingerprint density at radius 2 is 2.12 bits per heavy atom. The summed E-state index contributed by atoms with van der Waals surface area (Å²) < 4.78 is 4.59. The highest BCUT2D eigenvalue weighted by Crippen LogP contribution is 2.29. The molecule has 3 nitrogen and oxygen atoms in total. The zero-order valence-electron chi connectivity index (χ0n) is 4.38. The summed E-state index contributed by atoms with van der Waals surface area (Å²) in [6, 6.07) is 0. The number of aryl methyl sites for hydroxylation is 1. The van der Waals surface area contributed by atoms with E-state index in [2.05, 4.69) is 4.42 Å². The summed E-state index contributed by atoms with van der Waals surface area (Å²) in [6.45, 7) is 1.56. The summed E-state index contributed by atoms with van der Waals surface area (Å²) >= 11 is 0. The molecule has 2 N–H and O–H groups in total. The maximum atomic E-state index is 8.70. The van der Waals surface area contributed by atoms with Crippen LogP contribution in [-0.2, 0) is 0 Å². The number of hydrogen-bond acceptors (Lipinski definition) is 3. The van der Waals surface area contributed by atoms with Gasteiger partial charge in [-0.25, -0.2) is 0 Å². The minimum absolute atomic E-state index is 0.176. The second-order valence-electron chi connectivity index (χ2n) is 1.53. The van der Waals surface area contributed by atoms with Gasteiger partial charge in [0, 0.05) is 0 Å². The molecule has 0 amide bonds. The molecule has 0 atom stereocenters. The van der Waals surface area contributed by atoms with E-state index in [0.717, 1.165) is 6.26 Å². The van der Waals surface area contributed by atoms with Gasteiger partial charge in [-0.2, -0.15) is 0 Å². The highest BCUT2D eigenvalue weighted by atomic mass is 16.4. The van der Waals surface area contributed by atoms with E-state index in [1.165, 1.54) is 0 Å². The van der Waals surface area contributed by atoms with Gasteiger partial charge in [-0.05, 0) is 6.92 Å². The predicted molar refractivity (Wildman–Crippen MR) is 26.8 cm³/mol. The topological polar surface area (TPSA) is 53.6 Å². The van der Waals surface area contributed by atoms with Crippen LogP contribution in [0.3, 0.4) is 0 Å². The minimum atomic E-state index is -0.206. The third-order valence-electron chi connectivity index (χ3n) is 0.923. The fourth-order valence-corrected chi connectivity index (χ4v) is 0.436. The van der Waals surface area contributed by atoms with Gasteiger partial charge < -0.3 is 14.6 Å². The lowest BCUT2D eigenvalue weighted by Crippen LogP contribution is -1.60. The normalized spacial score (nSPS) is 9.62. The van der Waals surface area contributed by atoms with Crippen molar-refractivity contribution in [2.24, 2.45) is 0 Å². The van der Waals surface area contributed by atoms with Crippen molar-refractivity contribution in [2.45, 2.75) is 6.92 Å². The van der Waals surface area contributed by atoms with Crippen LogP contribution in [0.25, 0.3) is 0 Å². The van der Waals surface area contributed by atoms with Crippen LogP contribution >= 0.6 is 0 Å². The van der Waals surface area contributed by atoms with Crippen molar-refractivity contribution in [3.05, 3.63) is 12.0 Å². The molecule has 1 aromatic heterocycles. The molecule has 1 aromatic rings. The SMILES string of the molecule is Cc1occ(O)c1O. The molecule has 0 unspecified atom stereocenters. The molecule has 8 heavy (non-hydrogen) atoms. The first-order chi connectivity index (χ1) is 3.72. The number of aromatic hydroxyl groups is 2. The van der Waals surface area contributed by atoms with E-state index in [9.17, 15) is 0 Å². The molecule has 0 saturated heterocycles. The lowest BCUT2D eigenvalue weighted by Gasteiger charge is -1.82. The average Bonchev–Trinajstić information content (AvgIpc) is 1.98. The quantitative estimate of drug-likeness (QED) is 0.529. The summed E-state index contributed by atoms with van der Waals surface area (Å²) in [7, 11) is 0. The number of rotatable bonds is 0. The number of hydrogen-bond donors (Lipinski definition) is 2. The molecule has 44 valence electrons. The first kappa shape index (κ1) is 5.03. The predicted octanol–water partition coefficient (Wildman–Crippen LogP) is 0.999. The van der Waals surface area contributed by atoms with Crippen LogP contribution in [0.2, 0.25) is 0 Å². The summed E-state index contributed by atoms with van der Waals surface area (Å²) in [5.41, 5.74) is 0. The lowest BCUT2D eigenvalue weighted by molar-refractivity contribution is 0.405. The first-order valence-electron chi connectivity index (χ1n) is 2.18.